The summed E-state index contributed by atoms with van der Waals surface area (Å²) < 4.78 is 4.86. The molecule has 2 aromatic carbocycles. The molecule has 2 amide bonds. The van der Waals surface area contributed by atoms with Crippen molar-refractivity contribution in [3.8, 4) is 11.1 Å². The number of carbonyl (C=O) groups is 3. The summed E-state index contributed by atoms with van der Waals surface area (Å²) in [5, 5.41) is 2.85. The number of hydrogen-bond acceptors (Lipinski definition) is 6. The van der Waals surface area contributed by atoms with Crippen LogP contribution in [-0.4, -0.2) is 47.4 Å². The molecule has 2 heterocycles. The molecular weight excluding hydrogens is 432 g/mol. The zero-order valence-corrected chi connectivity index (χ0v) is 18.9. The van der Waals surface area contributed by atoms with Gasteiger partial charge in [-0.3, -0.25) is 14.6 Å². The minimum atomic E-state index is -0.569. The molecule has 0 aliphatic carbocycles. The largest absolute Gasteiger partial charge is 0.467 e. The third kappa shape index (κ3) is 4.82. The number of pyridine rings is 1. The van der Waals surface area contributed by atoms with E-state index in [0.717, 1.165) is 23.1 Å². The van der Waals surface area contributed by atoms with Gasteiger partial charge in [0.2, 0.25) is 0 Å². The van der Waals surface area contributed by atoms with Crippen LogP contribution in [-0.2, 0) is 16.1 Å². The minimum Gasteiger partial charge on any atom is -0.467 e. The van der Waals surface area contributed by atoms with E-state index in [9.17, 15) is 14.4 Å². The first-order chi connectivity index (χ1) is 16.5. The molecule has 34 heavy (non-hydrogen) atoms. The number of rotatable bonds is 6. The topological polar surface area (TPSA) is 115 Å². The molecule has 0 spiro atoms. The molecule has 1 aliphatic heterocycles. The number of hydrogen-bond donors (Lipinski definition) is 2. The molecule has 3 N–H and O–H groups in total. The highest BCUT2D eigenvalue weighted by molar-refractivity contribution is 6.05. The van der Waals surface area contributed by atoms with E-state index in [-0.39, 0.29) is 18.4 Å². The number of amides is 2. The third-order valence-electron chi connectivity index (χ3n) is 5.94. The van der Waals surface area contributed by atoms with E-state index < -0.39 is 12.0 Å². The Morgan fingerprint density at radius 2 is 1.88 bits per heavy atom. The van der Waals surface area contributed by atoms with Crippen molar-refractivity contribution < 1.29 is 19.1 Å². The van der Waals surface area contributed by atoms with Gasteiger partial charge in [-0.05, 0) is 65.9 Å². The van der Waals surface area contributed by atoms with Gasteiger partial charge in [-0.15, -0.1) is 0 Å². The van der Waals surface area contributed by atoms with E-state index >= 15 is 0 Å². The third-order valence-corrected chi connectivity index (χ3v) is 5.94. The normalized spacial score (nSPS) is 15.1. The zero-order valence-electron chi connectivity index (χ0n) is 18.9. The summed E-state index contributed by atoms with van der Waals surface area (Å²) in [7, 11) is 1.33. The summed E-state index contributed by atoms with van der Waals surface area (Å²) in [6.45, 7) is 0.776. The Kier molecular flexibility index (Phi) is 6.98. The minimum absolute atomic E-state index is 0.226. The average Bonchev–Trinajstić information content (AvgIpc) is 3.38. The van der Waals surface area contributed by atoms with Crippen molar-refractivity contribution >= 4 is 23.5 Å². The van der Waals surface area contributed by atoms with E-state index in [1.165, 1.54) is 7.11 Å². The molecule has 8 heteroatoms. The SMILES string of the molecule is COC(=O)C1CCCN1C(=O)c1cccc(-c2cc(C(=O)Nc3ccncc3)ccc2CN)c1. The Labute approximate surface area is 197 Å². The average molecular weight is 459 g/mol. The number of carbonyl (C=O) groups excluding carboxylic acids is 3. The number of benzene rings is 2. The lowest BCUT2D eigenvalue weighted by atomic mass is 9.95. The van der Waals surface area contributed by atoms with Crippen LogP contribution in [0.4, 0.5) is 5.69 Å². The van der Waals surface area contributed by atoms with Crippen molar-refractivity contribution in [2.75, 3.05) is 19.0 Å². The number of nitrogens with one attached hydrogen (secondary N) is 1. The van der Waals surface area contributed by atoms with E-state index in [0.29, 0.717) is 29.8 Å². The Morgan fingerprint density at radius 1 is 1.09 bits per heavy atom. The second kappa shape index (κ2) is 10.3. The fourth-order valence-electron chi connectivity index (χ4n) is 4.18. The predicted molar refractivity (Wildman–Crippen MR) is 128 cm³/mol. The molecule has 8 nitrogen and oxygen atoms in total. The van der Waals surface area contributed by atoms with Gasteiger partial charge in [0.15, 0.2) is 0 Å². The molecule has 1 aliphatic rings. The van der Waals surface area contributed by atoms with Crippen LogP contribution < -0.4 is 11.1 Å². The van der Waals surface area contributed by atoms with Crippen LogP contribution in [0.2, 0.25) is 0 Å². The van der Waals surface area contributed by atoms with E-state index in [2.05, 4.69) is 10.3 Å². The predicted octanol–water partition coefficient (Wildman–Crippen LogP) is 3.24. The summed E-state index contributed by atoms with van der Waals surface area (Å²) in [4.78, 5) is 43.6. The number of aromatic nitrogens is 1. The highest BCUT2D eigenvalue weighted by atomic mass is 16.5. The second-order valence-corrected chi connectivity index (χ2v) is 8.03. The molecule has 1 fully saturated rings. The Hall–Kier alpha value is -4.04. The van der Waals surface area contributed by atoms with Gasteiger partial charge >= 0.3 is 5.97 Å². The van der Waals surface area contributed by atoms with E-state index in [1.807, 2.05) is 12.1 Å². The van der Waals surface area contributed by atoms with Crippen LogP contribution in [0.25, 0.3) is 11.1 Å². The zero-order chi connectivity index (χ0) is 24.1. The summed E-state index contributed by atoms with van der Waals surface area (Å²) in [5.41, 5.74) is 9.91. The quantitative estimate of drug-likeness (QED) is 0.548. The van der Waals surface area contributed by atoms with Crippen LogP contribution in [0.1, 0.15) is 39.1 Å². The number of nitrogens with two attached hydrogens (primary N) is 1. The van der Waals surface area contributed by atoms with Crippen molar-refractivity contribution in [1.82, 2.24) is 9.88 Å². The number of anilines is 1. The van der Waals surface area contributed by atoms with Crippen LogP contribution in [0, 0.1) is 0 Å². The van der Waals surface area contributed by atoms with Crippen LogP contribution in [0.3, 0.4) is 0 Å². The van der Waals surface area contributed by atoms with Gasteiger partial charge in [0.1, 0.15) is 6.04 Å². The smallest absolute Gasteiger partial charge is 0.328 e. The van der Waals surface area contributed by atoms with Crippen LogP contribution in [0.5, 0.6) is 0 Å². The highest BCUT2D eigenvalue weighted by Gasteiger charge is 2.35. The lowest BCUT2D eigenvalue weighted by Gasteiger charge is -2.23. The first-order valence-corrected chi connectivity index (χ1v) is 11.1. The second-order valence-electron chi connectivity index (χ2n) is 8.03. The highest BCUT2D eigenvalue weighted by Crippen LogP contribution is 2.28. The van der Waals surface area contributed by atoms with Gasteiger partial charge in [0, 0.05) is 42.3 Å². The monoisotopic (exact) mass is 458 g/mol. The van der Waals surface area contributed by atoms with Crippen molar-refractivity contribution in [1.29, 1.82) is 0 Å². The number of likely N-dealkylation sites (tertiary alicyclic amines) is 1. The van der Waals surface area contributed by atoms with E-state index in [1.54, 1.807) is 59.8 Å². The molecule has 0 radical (unpaired) electrons. The van der Waals surface area contributed by atoms with Crippen LogP contribution >= 0.6 is 0 Å². The number of esters is 1. The summed E-state index contributed by atoms with van der Waals surface area (Å²) in [6, 6.07) is 15.3. The Bertz CT molecular complexity index is 1210. The van der Waals surface area contributed by atoms with Gasteiger partial charge in [0.25, 0.3) is 11.8 Å². The fraction of sp³-hybridized carbons (Fsp3) is 0.231. The first-order valence-electron chi connectivity index (χ1n) is 11.1. The lowest BCUT2D eigenvalue weighted by molar-refractivity contribution is -0.145. The maximum Gasteiger partial charge on any atom is 0.328 e. The maximum atomic E-state index is 13.2. The summed E-state index contributed by atoms with van der Waals surface area (Å²) in [5.74, 6) is -0.891. The first kappa shape index (κ1) is 23.1. The molecule has 174 valence electrons. The van der Waals surface area contributed by atoms with Gasteiger partial charge in [-0.2, -0.15) is 0 Å². The molecule has 1 unspecified atom stereocenters. The molecule has 1 atom stereocenters. The number of ether oxygens (including phenoxy) is 1. The van der Waals surface area contributed by atoms with Crippen molar-refractivity contribution in [2.24, 2.45) is 5.73 Å². The molecule has 1 aromatic heterocycles. The number of nitrogens with zero attached hydrogens (tertiary/aromatic N) is 2. The Morgan fingerprint density at radius 3 is 2.62 bits per heavy atom. The molecular formula is C26H26N4O4. The Balaban J connectivity index is 1.63. The van der Waals surface area contributed by atoms with E-state index in [4.69, 9.17) is 10.5 Å². The van der Waals surface area contributed by atoms with Gasteiger partial charge in [-0.25, -0.2) is 4.79 Å². The van der Waals surface area contributed by atoms with Gasteiger partial charge in [0.05, 0.1) is 7.11 Å². The van der Waals surface area contributed by atoms with Crippen LogP contribution in [0.15, 0.2) is 67.0 Å². The molecule has 0 bridgehead atoms. The summed E-state index contributed by atoms with van der Waals surface area (Å²) in [6.07, 6.45) is 4.54. The molecule has 3 aromatic rings. The number of methoxy groups -OCH3 is 1. The van der Waals surface area contributed by atoms with Crippen molar-refractivity contribution in [2.45, 2.75) is 25.4 Å². The standard InChI is InChI=1S/C26H26N4O4/c1-34-26(33)23-6-3-13-30(23)25(32)19-5-2-4-17(14-19)22-15-18(7-8-20(22)16-27)24(31)29-21-9-11-28-12-10-21/h2,4-5,7-12,14-15,23H,3,6,13,16,27H2,1H3,(H,28,29,31). The summed E-state index contributed by atoms with van der Waals surface area (Å²) >= 11 is 0. The molecule has 1 saturated heterocycles. The fourth-order valence-corrected chi connectivity index (χ4v) is 4.18. The molecule has 0 saturated carbocycles. The van der Waals surface area contributed by atoms with Gasteiger partial charge < -0.3 is 20.7 Å². The van der Waals surface area contributed by atoms with Crippen molar-refractivity contribution in [3.63, 3.8) is 0 Å². The van der Waals surface area contributed by atoms with Crippen molar-refractivity contribution in [3.05, 3.63) is 83.7 Å². The lowest BCUT2D eigenvalue weighted by Crippen LogP contribution is -2.41. The van der Waals surface area contributed by atoms with Gasteiger partial charge in [-0.1, -0.05) is 18.2 Å². The molecule has 4 rings (SSSR count). The maximum absolute atomic E-state index is 13.2.